The van der Waals surface area contributed by atoms with Gasteiger partial charge in [-0.05, 0) is 30.8 Å². The van der Waals surface area contributed by atoms with Gasteiger partial charge in [0.25, 0.3) is 5.91 Å². The minimum absolute atomic E-state index is 0.253. The van der Waals surface area contributed by atoms with Crippen molar-refractivity contribution in [2.75, 3.05) is 19.6 Å². The van der Waals surface area contributed by atoms with Crippen molar-refractivity contribution >= 4 is 11.6 Å². The summed E-state index contributed by atoms with van der Waals surface area (Å²) in [6, 6.07) is 0. The molecule has 0 radical (unpaired) electrons. The molecule has 2 aliphatic heterocycles. The molecule has 1 aliphatic carbocycles. The molecule has 3 heteroatoms. The predicted octanol–water partition coefficient (Wildman–Crippen LogP) is 3.60. The molecule has 0 aromatic carbocycles. The van der Waals surface area contributed by atoms with Crippen LogP contribution in [0.15, 0.2) is 16.6 Å². The van der Waals surface area contributed by atoms with Crippen molar-refractivity contribution in [2.24, 2.45) is 16.8 Å². The summed E-state index contributed by atoms with van der Waals surface area (Å²) in [4.78, 5) is 19.2. The van der Waals surface area contributed by atoms with Gasteiger partial charge in [0.15, 0.2) is 0 Å². The Bertz CT molecular complexity index is 446. The maximum atomic E-state index is 12.6. The van der Waals surface area contributed by atoms with Crippen molar-refractivity contribution in [3.05, 3.63) is 11.6 Å². The highest BCUT2D eigenvalue weighted by atomic mass is 16.2. The molecule has 0 bridgehead atoms. The molecule has 2 heterocycles. The van der Waals surface area contributed by atoms with E-state index in [-0.39, 0.29) is 5.91 Å². The van der Waals surface area contributed by atoms with Gasteiger partial charge in [0.05, 0.1) is 6.54 Å². The Morgan fingerprint density at radius 1 is 1.24 bits per heavy atom. The van der Waals surface area contributed by atoms with E-state index in [1.54, 1.807) is 0 Å². The van der Waals surface area contributed by atoms with E-state index in [4.69, 9.17) is 0 Å². The van der Waals surface area contributed by atoms with Crippen molar-refractivity contribution in [2.45, 2.75) is 58.3 Å². The van der Waals surface area contributed by atoms with Gasteiger partial charge >= 0.3 is 0 Å². The lowest BCUT2D eigenvalue weighted by Crippen LogP contribution is -2.31. The second-order valence-corrected chi connectivity index (χ2v) is 6.93. The number of aliphatic imine (C=N–C) groups is 1. The number of nitrogens with zero attached hydrogens (tertiary/aromatic N) is 2. The Morgan fingerprint density at radius 2 is 2.05 bits per heavy atom. The summed E-state index contributed by atoms with van der Waals surface area (Å²) in [7, 11) is 0. The highest BCUT2D eigenvalue weighted by molar-refractivity contribution is 6.07. The number of hydrogen-bond donors (Lipinski definition) is 0. The summed E-state index contributed by atoms with van der Waals surface area (Å²) < 4.78 is 0. The number of allylic oxidation sites excluding steroid dienone is 1. The number of likely N-dealkylation sites (tertiary alicyclic amines) is 1. The normalized spacial score (nSPS) is 26.9. The van der Waals surface area contributed by atoms with Crippen LogP contribution in [0.25, 0.3) is 0 Å². The van der Waals surface area contributed by atoms with E-state index < -0.39 is 0 Å². The van der Waals surface area contributed by atoms with Gasteiger partial charge in [-0.25, -0.2) is 0 Å². The number of hydrogen-bond acceptors (Lipinski definition) is 2. The Balaban J connectivity index is 1.54. The SMILES string of the molecule is CCCC1=NCC(C(=O)N2CCC(C3CCCCC3)C2)=C1. The first-order valence-corrected chi connectivity index (χ1v) is 8.81. The van der Waals surface area contributed by atoms with Crippen LogP contribution in [0.3, 0.4) is 0 Å². The molecule has 0 aromatic heterocycles. The lowest BCUT2D eigenvalue weighted by Gasteiger charge is -2.27. The number of carbonyl (C=O) groups excluding carboxylic acids is 1. The van der Waals surface area contributed by atoms with Crippen molar-refractivity contribution in [1.29, 1.82) is 0 Å². The van der Waals surface area contributed by atoms with Crippen molar-refractivity contribution in [3.8, 4) is 0 Å². The molecule has 0 aromatic rings. The van der Waals surface area contributed by atoms with Gasteiger partial charge in [-0.2, -0.15) is 0 Å². The minimum Gasteiger partial charge on any atom is -0.339 e. The van der Waals surface area contributed by atoms with E-state index in [0.29, 0.717) is 6.54 Å². The third kappa shape index (κ3) is 3.38. The Kier molecular flexibility index (Phi) is 4.77. The van der Waals surface area contributed by atoms with Gasteiger partial charge in [0.2, 0.25) is 0 Å². The minimum atomic E-state index is 0.253. The zero-order chi connectivity index (χ0) is 14.7. The summed E-state index contributed by atoms with van der Waals surface area (Å²) in [5.41, 5.74) is 2.03. The first-order chi connectivity index (χ1) is 10.3. The third-order valence-electron chi connectivity index (χ3n) is 5.40. The summed E-state index contributed by atoms with van der Waals surface area (Å²) in [6.07, 6.45) is 12.3. The molecule has 1 saturated heterocycles. The van der Waals surface area contributed by atoms with Crippen LogP contribution >= 0.6 is 0 Å². The first-order valence-electron chi connectivity index (χ1n) is 8.81. The fourth-order valence-corrected chi connectivity index (χ4v) is 4.18. The molecule has 1 saturated carbocycles. The molecule has 21 heavy (non-hydrogen) atoms. The fourth-order valence-electron chi connectivity index (χ4n) is 4.18. The quantitative estimate of drug-likeness (QED) is 0.778. The molecular formula is C18H28N2O. The predicted molar refractivity (Wildman–Crippen MR) is 86.6 cm³/mol. The Hall–Kier alpha value is -1.12. The van der Waals surface area contributed by atoms with Crippen LogP contribution in [0.5, 0.6) is 0 Å². The maximum Gasteiger partial charge on any atom is 0.251 e. The van der Waals surface area contributed by atoms with Crippen LogP contribution in [0.1, 0.15) is 58.3 Å². The van der Waals surface area contributed by atoms with E-state index >= 15 is 0 Å². The van der Waals surface area contributed by atoms with Crippen molar-refractivity contribution in [3.63, 3.8) is 0 Å². The van der Waals surface area contributed by atoms with Crippen LogP contribution < -0.4 is 0 Å². The van der Waals surface area contributed by atoms with Gasteiger partial charge in [0, 0.05) is 24.4 Å². The van der Waals surface area contributed by atoms with Crippen LogP contribution in [-0.4, -0.2) is 36.2 Å². The van der Waals surface area contributed by atoms with Crippen LogP contribution in [0.2, 0.25) is 0 Å². The largest absolute Gasteiger partial charge is 0.339 e. The number of amides is 1. The smallest absolute Gasteiger partial charge is 0.251 e. The van der Waals surface area contributed by atoms with Crippen LogP contribution in [-0.2, 0) is 4.79 Å². The average molecular weight is 288 g/mol. The van der Waals surface area contributed by atoms with Crippen molar-refractivity contribution < 1.29 is 4.79 Å². The first kappa shape index (κ1) is 14.8. The molecule has 1 unspecified atom stereocenters. The zero-order valence-corrected chi connectivity index (χ0v) is 13.3. The lowest BCUT2D eigenvalue weighted by atomic mass is 9.80. The van der Waals surface area contributed by atoms with E-state index in [2.05, 4.69) is 16.8 Å². The molecule has 1 atom stereocenters. The highest BCUT2D eigenvalue weighted by Gasteiger charge is 2.33. The summed E-state index contributed by atoms with van der Waals surface area (Å²) in [5.74, 6) is 1.89. The number of rotatable bonds is 4. The summed E-state index contributed by atoms with van der Waals surface area (Å²) >= 11 is 0. The Labute approximate surface area is 128 Å². The second kappa shape index (κ2) is 6.76. The third-order valence-corrected chi connectivity index (χ3v) is 5.40. The monoisotopic (exact) mass is 288 g/mol. The molecule has 0 N–H and O–H groups in total. The molecule has 3 aliphatic rings. The van der Waals surface area contributed by atoms with Gasteiger partial charge < -0.3 is 4.90 Å². The van der Waals surface area contributed by atoms with E-state index in [1.165, 1.54) is 38.5 Å². The zero-order valence-electron chi connectivity index (χ0n) is 13.3. The standard InChI is InChI=1S/C18H28N2O/c1-2-6-17-11-16(12-19-17)18(21)20-10-9-15(13-20)14-7-4-3-5-8-14/h11,14-15H,2-10,12-13H2,1H3. The molecule has 3 rings (SSSR count). The van der Waals surface area contributed by atoms with Crippen LogP contribution in [0, 0.1) is 11.8 Å². The molecule has 1 amide bonds. The van der Waals surface area contributed by atoms with E-state index in [0.717, 1.165) is 49.1 Å². The molecule has 0 spiro atoms. The van der Waals surface area contributed by atoms with Crippen LogP contribution in [0.4, 0.5) is 0 Å². The van der Waals surface area contributed by atoms with E-state index in [9.17, 15) is 4.79 Å². The lowest BCUT2D eigenvalue weighted by molar-refractivity contribution is -0.126. The van der Waals surface area contributed by atoms with Gasteiger partial charge in [0.1, 0.15) is 0 Å². The van der Waals surface area contributed by atoms with E-state index in [1.807, 2.05) is 6.08 Å². The maximum absolute atomic E-state index is 12.6. The molecular weight excluding hydrogens is 260 g/mol. The topological polar surface area (TPSA) is 32.7 Å². The van der Waals surface area contributed by atoms with Gasteiger partial charge in [-0.1, -0.05) is 45.4 Å². The average Bonchev–Trinajstić information content (AvgIpc) is 3.17. The van der Waals surface area contributed by atoms with Gasteiger partial charge in [-0.3, -0.25) is 9.79 Å². The molecule has 2 fully saturated rings. The fraction of sp³-hybridized carbons (Fsp3) is 0.778. The molecule has 3 nitrogen and oxygen atoms in total. The summed E-state index contributed by atoms with van der Waals surface area (Å²) in [6.45, 7) is 4.72. The van der Waals surface area contributed by atoms with Gasteiger partial charge in [-0.15, -0.1) is 0 Å². The second-order valence-electron chi connectivity index (χ2n) is 6.93. The number of carbonyl (C=O) groups is 1. The summed E-state index contributed by atoms with van der Waals surface area (Å²) in [5, 5.41) is 0. The highest BCUT2D eigenvalue weighted by Crippen LogP contribution is 2.35. The van der Waals surface area contributed by atoms with Crippen molar-refractivity contribution in [1.82, 2.24) is 4.90 Å². The molecule has 116 valence electrons. The Morgan fingerprint density at radius 3 is 2.81 bits per heavy atom.